The molecule has 0 saturated carbocycles. The Balaban J connectivity index is 2.55. The Kier molecular flexibility index (Phi) is 7.54. The largest absolute Gasteiger partial charge is 0.459 e. The molecule has 0 bridgehead atoms. The van der Waals surface area contributed by atoms with Gasteiger partial charge in [0.15, 0.2) is 6.61 Å². The van der Waals surface area contributed by atoms with Crippen LogP contribution in [0.1, 0.15) is 18.4 Å². The van der Waals surface area contributed by atoms with Gasteiger partial charge in [-0.3, -0.25) is 9.59 Å². The Hall–Kier alpha value is -2.91. The Morgan fingerprint density at radius 3 is 1.97 bits per heavy atom. The second-order valence-corrected chi connectivity index (χ2v) is 5.47. The number of carbonyl (C=O) groups excluding carboxylic acids is 2. The molecule has 0 amide bonds. The van der Waals surface area contributed by atoms with Gasteiger partial charge in [0, 0.05) is 0 Å². The van der Waals surface area contributed by atoms with Crippen molar-refractivity contribution in [2.75, 3.05) is 6.61 Å². The van der Waals surface area contributed by atoms with Crippen LogP contribution in [-0.2, 0) is 14.3 Å². The molecule has 0 aliphatic carbocycles. The van der Waals surface area contributed by atoms with Gasteiger partial charge in [-0.15, -0.1) is 0 Å². The minimum absolute atomic E-state index is 0.0252. The molecule has 5 nitrogen and oxygen atoms in total. The van der Waals surface area contributed by atoms with Gasteiger partial charge in [0.2, 0.25) is 0 Å². The third kappa shape index (κ3) is 5.78. The van der Waals surface area contributed by atoms with E-state index in [0.29, 0.717) is 0 Å². The van der Waals surface area contributed by atoms with Gasteiger partial charge in [0.25, 0.3) is 0 Å². The van der Waals surface area contributed by atoms with E-state index in [0.717, 1.165) is 0 Å². The normalized spacial score (nSPS) is 12.4. The fourth-order valence-corrected chi connectivity index (χ4v) is 1.70. The molecule has 29 heavy (non-hydrogen) atoms. The minimum Gasteiger partial charge on any atom is -0.459 e. The molecule has 0 aliphatic rings. The summed E-state index contributed by atoms with van der Waals surface area (Å²) in [6, 6.07) is 6.87. The smallest absolute Gasteiger partial charge is 0.381 e. The van der Waals surface area contributed by atoms with Crippen LogP contribution in [0.4, 0.5) is 35.1 Å². The number of alkyl halides is 8. The van der Waals surface area contributed by atoms with Crippen LogP contribution in [0, 0.1) is 11.3 Å². The topological polar surface area (TPSA) is 76.4 Å². The number of benzene rings is 1. The SMILES string of the molecule is N#Cc1ccc(OC(=O)CCC(=O)OCC(F)(F)C(F)(F)C(F)(F)C(F)F)cc1. The average Bonchev–Trinajstić information content (AvgIpc) is 2.65. The third-order valence-electron chi connectivity index (χ3n) is 3.31. The van der Waals surface area contributed by atoms with Crippen LogP contribution in [0.2, 0.25) is 0 Å². The molecule has 0 saturated heterocycles. The maximum absolute atomic E-state index is 13.2. The number of halogens is 8. The quantitative estimate of drug-likeness (QED) is 0.335. The lowest BCUT2D eigenvalue weighted by molar-refractivity contribution is -0.344. The highest BCUT2D eigenvalue weighted by Gasteiger charge is 2.75. The number of nitriles is 1. The second kappa shape index (κ2) is 9.06. The summed E-state index contributed by atoms with van der Waals surface area (Å²) in [5.74, 6) is -21.4. The van der Waals surface area contributed by atoms with E-state index in [-0.39, 0.29) is 11.3 Å². The highest BCUT2D eigenvalue weighted by atomic mass is 19.4. The molecule has 1 rings (SSSR count). The monoisotopic (exact) mass is 433 g/mol. The summed E-state index contributed by atoms with van der Waals surface area (Å²) in [6.07, 6.45) is -6.79. The molecule has 1 aromatic rings. The van der Waals surface area contributed by atoms with E-state index in [2.05, 4.69) is 4.74 Å². The Labute approximate surface area is 157 Å². The van der Waals surface area contributed by atoms with Gasteiger partial charge in [-0.1, -0.05) is 0 Å². The second-order valence-electron chi connectivity index (χ2n) is 5.47. The summed E-state index contributed by atoms with van der Waals surface area (Å²) in [5, 5.41) is 8.60. The van der Waals surface area contributed by atoms with Crippen LogP contribution in [0.25, 0.3) is 0 Å². The van der Waals surface area contributed by atoms with Crippen LogP contribution < -0.4 is 4.74 Å². The molecule has 0 spiro atoms. The zero-order valence-corrected chi connectivity index (χ0v) is 14.1. The first kappa shape index (κ1) is 24.1. The van der Waals surface area contributed by atoms with Gasteiger partial charge in [-0.2, -0.15) is 31.6 Å². The van der Waals surface area contributed by atoms with Crippen molar-refractivity contribution < 1.29 is 54.2 Å². The summed E-state index contributed by atoms with van der Waals surface area (Å²) < 4.78 is 110. The molecule has 13 heteroatoms. The van der Waals surface area contributed by atoms with Gasteiger partial charge in [0.05, 0.1) is 24.5 Å². The zero-order valence-electron chi connectivity index (χ0n) is 14.1. The Morgan fingerprint density at radius 1 is 0.966 bits per heavy atom. The number of hydrogen-bond acceptors (Lipinski definition) is 5. The molecule has 0 heterocycles. The van der Waals surface area contributed by atoms with Crippen molar-refractivity contribution in [1.29, 1.82) is 5.26 Å². The molecule has 0 aliphatic heterocycles. The number of rotatable bonds is 9. The van der Waals surface area contributed by atoms with E-state index in [9.17, 15) is 44.7 Å². The van der Waals surface area contributed by atoms with Gasteiger partial charge in [0.1, 0.15) is 5.75 Å². The van der Waals surface area contributed by atoms with Crippen LogP contribution in [-0.4, -0.2) is 42.7 Å². The average molecular weight is 433 g/mol. The standard InChI is InChI=1S/C16H11F8NO4/c17-13(18)15(21,22)16(23,24)14(19,20)8-28-11(26)5-6-12(27)29-10-3-1-9(7-25)2-4-10/h1-4,13H,5-6,8H2. The molecule has 0 aromatic heterocycles. The molecule has 0 radical (unpaired) electrons. The summed E-state index contributed by atoms with van der Waals surface area (Å²) in [7, 11) is 0. The van der Waals surface area contributed by atoms with Gasteiger partial charge in [-0.05, 0) is 24.3 Å². The fourth-order valence-electron chi connectivity index (χ4n) is 1.70. The van der Waals surface area contributed by atoms with Crippen LogP contribution in [0.3, 0.4) is 0 Å². The summed E-state index contributed by atoms with van der Waals surface area (Å²) >= 11 is 0. The molecule has 160 valence electrons. The summed E-state index contributed by atoms with van der Waals surface area (Å²) in [6.45, 7) is -2.61. The lowest BCUT2D eigenvalue weighted by atomic mass is 10.1. The van der Waals surface area contributed by atoms with Gasteiger partial charge < -0.3 is 9.47 Å². The lowest BCUT2D eigenvalue weighted by Gasteiger charge is -2.31. The van der Waals surface area contributed by atoms with Crippen molar-refractivity contribution >= 4 is 11.9 Å². The first-order valence-corrected chi connectivity index (χ1v) is 7.52. The maximum Gasteiger partial charge on any atom is 0.381 e. The highest BCUT2D eigenvalue weighted by molar-refractivity contribution is 5.79. The van der Waals surface area contributed by atoms with E-state index in [1.807, 2.05) is 0 Å². The molecule has 0 unspecified atom stereocenters. The maximum atomic E-state index is 13.2. The van der Waals surface area contributed by atoms with Crippen LogP contribution in [0.5, 0.6) is 5.75 Å². The van der Waals surface area contributed by atoms with Crippen molar-refractivity contribution in [1.82, 2.24) is 0 Å². The number of esters is 2. The molecular formula is C16H11F8NO4. The molecule has 0 N–H and O–H groups in total. The summed E-state index contributed by atoms with van der Waals surface area (Å²) in [5.41, 5.74) is 0.253. The number of ether oxygens (including phenoxy) is 2. The number of hydrogen-bond donors (Lipinski definition) is 0. The predicted octanol–water partition coefficient (Wildman–Crippen LogP) is 3.96. The van der Waals surface area contributed by atoms with E-state index < -0.39 is 55.6 Å². The van der Waals surface area contributed by atoms with E-state index in [4.69, 9.17) is 10.00 Å². The molecule has 0 atom stereocenters. The zero-order chi connectivity index (χ0) is 22.5. The Bertz CT molecular complexity index is 774. The lowest BCUT2D eigenvalue weighted by Crippen LogP contribution is -2.59. The first-order chi connectivity index (χ1) is 13.2. The van der Waals surface area contributed by atoms with Gasteiger partial charge >= 0.3 is 36.1 Å². The van der Waals surface area contributed by atoms with Crippen molar-refractivity contribution in [2.45, 2.75) is 37.0 Å². The van der Waals surface area contributed by atoms with Gasteiger partial charge in [-0.25, -0.2) is 8.78 Å². The van der Waals surface area contributed by atoms with Crippen molar-refractivity contribution in [3.63, 3.8) is 0 Å². The Morgan fingerprint density at radius 2 is 1.48 bits per heavy atom. The van der Waals surface area contributed by atoms with E-state index in [1.54, 1.807) is 6.07 Å². The third-order valence-corrected chi connectivity index (χ3v) is 3.31. The van der Waals surface area contributed by atoms with Crippen molar-refractivity contribution in [3.05, 3.63) is 29.8 Å². The molecule has 0 fully saturated rings. The molecular weight excluding hydrogens is 422 g/mol. The minimum atomic E-state index is -6.50. The van der Waals surface area contributed by atoms with E-state index >= 15 is 0 Å². The number of nitrogens with zero attached hydrogens (tertiary/aromatic N) is 1. The summed E-state index contributed by atoms with van der Waals surface area (Å²) in [4.78, 5) is 22.8. The van der Waals surface area contributed by atoms with Crippen LogP contribution >= 0.6 is 0 Å². The van der Waals surface area contributed by atoms with Crippen molar-refractivity contribution in [2.24, 2.45) is 0 Å². The highest BCUT2D eigenvalue weighted by Crippen LogP contribution is 2.48. The fraction of sp³-hybridized carbons (Fsp3) is 0.438. The van der Waals surface area contributed by atoms with Crippen LogP contribution in [0.15, 0.2) is 24.3 Å². The number of carbonyl (C=O) groups is 2. The first-order valence-electron chi connectivity index (χ1n) is 7.52. The van der Waals surface area contributed by atoms with Crippen molar-refractivity contribution in [3.8, 4) is 11.8 Å². The predicted molar refractivity (Wildman–Crippen MR) is 77.8 cm³/mol. The molecule has 1 aromatic carbocycles. The van der Waals surface area contributed by atoms with E-state index in [1.165, 1.54) is 24.3 Å².